The van der Waals surface area contributed by atoms with E-state index >= 15 is 0 Å². The van der Waals surface area contributed by atoms with Crippen molar-refractivity contribution in [3.8, 4) is 0 Å². The molecule has 0 fully saturated rings. The van der Waals surface area contributed by atoms with Gasteiger partial charge in [0.15, 0.2) is 0 Å². The number of nitrogens with zero attached hydrogens (tertiary/aromatic N) is 2. The van der Waals surface area contributed by atoms with Gasteiger partial charge in [-0.2, -0.15) is 0 Å². The molecule has 0 spiro atoms. The van der Waals surface area contributed by atoms with Crippen LogP contribution in [0.25, 0.3) is 5.65 Å². The van der Waals surface area contributed by atoms with Crippen LogP contribution in [0.5, 0.6) is 0 Å². The van der Waals surface area contributed by atoms with E-state index in [-0.39, 0.29) is 30.7 Å². The van der Waals surface area contributed by atoms with Crippen LogP contribution in [0.1, 0.15) is 29.9 Å². The van der Waals surface area contributed by atoms with Crippen LogP contribution in [0.3, 0.4) is 0 Å². The second kappa shape index (κ2) is 9.99. The number of carbonyl (C=O) groups is 1. The van der Waals surface area contributed by atoms with E-state index in [4.69, 9.17) is 5.73 Å². The van der Waals surface area contributed by atoms with Crippen LogP contribution >= 0.6 is 36.6 Å². The predicted octanol–water partition coefficient (Wildman–Crippen LogP) is 3.94. The van der Waals surface area contributed by atoms with Crippen molar-refractivity contribution in [1.29, 1.82) is 0 Å². The highest BCUT2D eigenvalue weighted by Gasteiger charge is 2.19. The average molecular weight is 427 g/mol. The van der Waals surface area contributed by atoms with E-state index in [0.29, 0.717) is 12.1 Å². The molecule has 3 N–H and O–H groups in total. The summed E-state index contributed by atoms with van der Waals surface area (Å²) >= 11 is 1.70. The van der Waals surface area contributed by atoms with Gasteiger partial charge >= 0.3 is 0 Å². The number of rotatable bonds is 6. The van der Waals surface area contributed by atoms with Gasteiger partial charge in [0, 0.05) is 40.7 Å². The minimum atomic E-state index is -0.409. The van der Waals surface area contributed by atoms with E-state index in [1.807, 2.05) is 73.1 Å². The third-order valence-corrected chi connectivity index (χ3v) is 4.92. The molecule has 0 saturated heterocycles. The Hall–Kier alpha value is -1.73. The lowest BCUT2D eigenvalue weighted by atomic mass is 10.1. The van der Waals surface area contributed by atoms with Crippen molar-refractivity contribution in [2.24, 2.45) is 5.73 Å². The van der Waals surface area contributed by atoms with Crippen LogP contribution in [0.4, 0.5) is 0 Å². The molecule has 146 valence electrons. The SMILES string of the molecule is CC(C)(CN)NC(=O)c1ccc(SCc2cn3ccccc3n2)cc1.Cl.Cl. The maximum Gasteiger partial charge on any atom is 0.251 e. The highest BCUT2D eigenvalue weighted by molar-refractivity contribution is 7.98. The first kappa shape index (κ1) is 23.3. The molecule has 0 bridgehead atoms. The maximum absolute atomic E-state index is 12.2. The van der Waals surface area contributed by atoms with Crippen LogP contribution in [0.2, 0.25) is 0 Å². The van der Waals surface area contributed by atoms with Crippen molar-refractivity contribution >= 4 is 48.1 Å². The number of hydrogen-bond donors (Lipinski definition) is 2. The Balaban J connectivity index is 0.00000182. The summed E-state index contributed by atoms with van der Waals surface area (Å²) in [6, 6.07) is 13.6. The van der Waals surface area contributed by atoms with Crippen molar-refractivity contribution in [2.75, 3.05) is 6.54 Å². The minimum absolute atomic E-state index is 0. The summed E-state index contributed by atoms with van der Waals surface area (Å²) in [6.45, 7) is 4.21. The van der Waals surface area contributed by atoms with Crippen LogP contribution in [0, 0.1) is 0 Å². The molecule has 2 heterocycles. The first-order valence-electron chi connectivity index (χ1n) is 8.15. The highest BCUT2D eigenvalue weighted by atomic mass is 35.5. The Morgan fingerprint density at radius 3 is 2.52 bits per heavy atom. The number of nitrogens with two attached hydrogens (primary N) is 1. The average Bonchev–Trinajstić information content (AvgIpc) is 3.03. The van der Waals surface area contributed by atoms with Gasteiger partial charge in [0.1, 0.15) is 5.65 Å². The second-order valence-corrected chi connectivity index (χ2v) is 7.60. The smallest absolute Gasteiger partial charge is 0.251 e. The third-order valence-electron chi connectivity index (χ3n) is 3.88. The molecule has 0 aliphatic heterocycles. The molecule has 0 radical (unpaired) electrons. The Morgan fingerprint density at radius 2 is 1.89 bits per heavy atom. The molecule has 2 aromatic heterocycles. The summed E-state index contributed by atoms with van der Waals surface area (Å²) < 4.78 is 2.02. The third kappa shape index (κ3) is 6.14. The zero-order valence-electron chi connectivity index (χ0n) is 15.2. The maximum atomic E-state index is 12.2. The van der Waals surface area contributed by atoms with Gasteiger partial charge in [-0.1, -0.05) is 6.07 Å². The number of fused-ring (bicyclic) bond motifs is 1. The van der Waals surface area contributed by atoms with E-state index in [1.54, 1.807) is 11.8 Å². The fraction of sp³-hybridized carbons (Fsp3) is 0.263. The summed E-state index contributed by atoms with van der Waals surface area (Å²) in [5.41, 5.74) is 7.86. The number of thioether (sulfide) groups is 1. The quantitative estimate of drug-likeness (QED) is 0.585. The van der Waals surface area contributed by atoms with Crippen LogP contribution in [0.15, 0.2) is 59.8 Å². The van der Waals surface area contributed by atoms with E-state index < -0.39 is 5.54 Å². The second-order valence-electron chi connectivity index (χ2n) is 6.55. The minimum Gasteiger partial charge on any atom is -0.346 e. The molecule has 27 heavy (non-hydrogen) atoms. The molecule has 3 rings (SSSR count). The van der Waals surface area contributed by atoms with Gasteiger partial charge in [-0.3, -0.25) is 4.79 Å². The zero-order valence-corrected chi connectivity index (χ0v) is 17.7. The van der Waals surface area contributed by atoms with Gasteiger partial charge in [-0.15, -0.1) is 36.6 Å². The largest absolute Gasteiger partial charge is 0.346 e. The lowest BCUT2D eigenvalue weighted by molar-refractivity contribution is 0.0915. The molecule has 0 saturated carbocycles. The van der Waals surface area contributed by atoms with Crippen molar-refractivity contribution in [3.05, 3.63) is 66.1 Å². The van der Waals surface area contributed by atoms with Gasteiger partial charge in [0.2, 0.25) is 0 Å². The number of amides is 1. The zero-order chi connectivity index (χ0) is 17.9. The molecule has 0 unspecified atom stereocenters. The topological polar surface area (TPSA) is 72.4 Å². The number of aromatic nitrogens is 2. The number of benzene rings is 1. The van der Waals surface area contributed by atoms with Gasteiger partial charge in [0.05, 0.1) is 5.69 Å². The normalized spacial score (nSPS) is 10.8. The molecule has 0 aliphatic rings. The van der Waals surface area contributed by atoms with Crippen LogP contribution < -0.4 is 11.1 Å². The summed E-state index contributed by atoms with van der Waals surface area (Å²) in [7, 11) is 0. The molecule has 0 aliphatic carbocycles. The fourth-order valence-corrected chi connectivity index (χ4v) is 3.13. The molecule has 5 nitrogen and oxygen atoms in total. The van der Waals surface area contributed by atoms with E-state index in [9.17, 15) is 4.79 Å². The Morgan fingerprint density at radius 1 is 1.19 bits per heavy atom. The standard InChI is InChI=1S/C19H22N4OS.2ClH/c1-19(2,13-20)22-18(24)14-6-8-16(9-7-14)25-12-15-11-23-10-4-3-5-17(23)21-15;;/h3-11H,12-13,20H2,1-2H3,(H,22,24);2*1H. The number of nitrogens with one attached hydrogen (secondary N) is 1. The number of carbonyl (C=O) groups excluding carboxylic acids is 1. The summed E-state index contributed by atoms with van der Waals surface area (Å²) in [6.07, 6.45) is 4.03. The lowest BCUT2D eigenvalue weighted by Crippen LogP contribution is -2.48. The number of hydrogen-bond acceptors (Lipinski definition) is 4. The van der Waals surface area contributed by atoms with E-state index in [2.05, 4.69) is 10.3 Å². The first-order chi connectivity index (χ1) is 12.0. The predicted molar refractivity (Wildman–Crippen MR) is 116 cm³/mol. The summed E-state index contributed by atoms with van der Waals surface area (Å²) in [4.78, 5) is 17.9. The molecule has 1 aromatic carbocycles. The number of halogens is 2. The Kier molecular flexibility index (Phi) is 8.62. The van der Waals surface area contributed by atoms with E-state index in [1.165, 1.54) is 0 Å². The van der Waals surface area contributed by atoms with Crippen molar-refractivity contribution < 1.29 is 4.79 Å². The molecule has 1 amide bonds. The monoisotopic (exact) mass is 426 g/mol. The van der Waals surface area contributed by atoms with Crippen molar-refractivity contribution in [3.63, 3.8) is 0 Å². The van der Waals surface area contributed by atoms with E-state index in [0.717, 1.165) is 22.0 Å². The highest BCUT2D eigenvalue weighted by Crippen LogP contribution is 2.23. The molecular formula is C19H24Cl2N4OS. The molecular weight excluding hydrogens is 403 g/mol. The van der Waals surface area contributed by atoms with Crippen molar-refractivity contribution in [2.45, 2.75) is 30.0 Å². The van der Waals surface area contributed by atoms with Crippen molar-refractivity contribution in [1.82, 2.24) is 14.7 Å². The van der Waals surface area contributed by atoms with Gasteiger partial charge in [-0.05, 0) is 50.2 Å². The summed E-state index contributed by atoms with van der Waals surface area (Å²) in [5, 5.41) is 2.93. The van der Waals surface area contributed by atoms with Crippen LogP contribution in [-0.4, -0.2) is 27.4 Å². The lowest BCUT2D eigenvalue weighted by Gasteiger charge is -2.24. The fourth-order valence-electron chi connectivity index (χ4n) is 2.35. The van der Waals surface area contributed by atoms with Gasteiger partial charge in [0.25, 0.3) is 5.91 Å². The molecule has 3 aromatic rings. The number of pyridine rings is 1. The van der Waals surface area contributed by atoms with Crippen LogP contribution in [-0.2, 0) is 5.75 Å². The Labute approximate surface area is 175 Å². The van der Waals surface area contributed by atoms with Gasteiger partial charge in [-0.25, -0.2) is 4.98 Å². The number of imidazole rings is 1. The van der Waals surface area contributed by atoms with Gasteiger partial charge < -0.3 is 15.5 Å². The molecule has 0 atom stereocenters. The first-order valence-corrected chi connectivity index (χ1v) is 9.13. The molecule has 8 heteroatoms. The summed E-state index contributed by atoms with van der Waals surface area (Å²) in [5.74, 6) is 0.681. The Bertz CT molecular complexity index is 848.